The lowest BCUT2D eigenvalue weighted by atomic mass is 9.47. The van der Waals surface area contributed by atoms with E-state index in [1.165, 1.54) is 29.6 Å². The van der Waals surface area contributed by atoms with Crippen molar-refractivity contribution >= 4 is 6.08 Å². The molecule has 2 aromatic rings. The summed E-state index contributed by atoms with van der Waals surface area (Å²) in [4.78, 5) is 4.09. The Kier molecular flexibility index (Phi) is 7.13. The summed E-state index contributed by atoms with van der Waals surface area (Å²) in [5.74, 6) is 3.30. The monoisotopic (exact) mass is 532 g/mol. The Labute approximate surface area is 232 Å². The van der Waals surface area contributed by atoms with E-state index < -0.39 is 12.2 Å². The molecule has 0 bridgehead atoms. The van der Waals surface area contributed by atoms with E-state index in [0.717, 1.165) is 50.1 Å². The highest BCUT2D eigenvalue weighted by Crippen LogP contribution is 2.65. The van der Waals surface area contributed by atoms with Gasteiger partial charge in [0.2, 0.25) is 0 Å². The van der Waals surface area contributed by atoms with Crippen LogP contribution < -0.4 is 9.47 Å². The highest BCUT2D eigenvalue weighted by molar-refractivity contribution is 5.59. The minimum atomic E-state index is -0.444. The van der Waals surface area contributed by atoms with Gasteiger partial charge in [-0.05, 0) is 85.8 Å². The molecular formula is C33H44N2O4. The van der Waals surface area contributed by atoms with E-state index in [1.807, 2.05) is 18.6 Å². The molecule has 7 atom stereocenters. The second kappa shape index (κ2) is 10.4. The molecule has 2 unspecified atom stereocenters. The average molecular weight is 533 g/mol. The van der Waals surface area contributed by atoms with Crippen molar-refractivity contribution in [3.05, 3.63) is 59.7 Å². The Morgan fingerprint density at radius 1 is 1.15 bits per heavy atom. The van der Waals surface area contributed by atoms with E-state index in [-0.39, 0.29) is 5.41 Å². The van der Waals surface area contributed by atoms with E-state index in [1.54, 1.807) is 13.3 Å². The molecule has 0 amide bonds. The van der Waals surface area contributed by atoms with Crippen LogP contribution in [0.4, 0.5) is 0 Å². The zero-order chi connectivity index (χ0) is 27.2. The fraction of sp³-hybridized carbons (Fsp3) is 0.606. The van der Waals surface area contributed by atoms with Crippen LogP contribution in [0, 0.1) is 28.6 Å². The van der Waals surface area contributed by atoms with E-state index in [4.69, 9.17) is 9.47 Å². The van der Waals surface area contributed by atoms with Crippen molar-refractivity contribution in [2.75, 3.05) is 13.7 Å². The molecule has 210 valence electrons. The van der Waals surface area contributed by atoms with Gasteiger partial charge in [-0.3, -0.25) is 0 Å². The van der Waals surface area contributed by atoms with Crippen LogP contribution in [0.3, 0.4) is 0 Å². The third-order valence-corrected chi connectivity index (χ3v) is 10.7. The first-order valence-corrected chi connectivity index (χ1v) is 14.8. The third kappa shape index (κ3) is 4.84. The van der Waals surface area contributed by atoms with Crippen LogP contribution in [0.1, 0.15) is 70.8 Å². The number of fused-ring (bicyclic) bond motifs is 5. The van der Waals surface area contributed by atoms with E-state index >= 15 is 0 Å². The van der Waals surface area contributed by atoms with Gasteiger partial charge in [0.15, 0.2) is 11.5 Å². The number of methoxy groups -OCH3 is 1. The normalized spacial score (nSPS) is 36.6. The van der Waals surface area contributed by atoms with Gasteiger partial charge in [-0.1, -0.05) is 43.2 Å². The lowest BCUT2D eigenvalue weighted by molar-refractivity contribution is -0.0992. The average Bonchev–Trinajstić information content (AvgIpc) is 3.55. The van der Waals surface area contributed by atoms with Gasteiger partial charge in [-0.15, -0.1) is 0 Å². The molecule has 0 aliphatic heterocycles. The molecule has 1 aromatic heterocycles. The smallest absolute Gasteiger partial charge is 0.161 e. The summed E-state index contributed by atoms with van der Waals surface area (Å²) < 4.78 is 13.8. The number of aromatic nitrogens is 2. The first kappa shape index (κ1) is 26.6. The number of ether oxygens (including phenoxy) is 2. The molecule has 0 radical (unpaired) electrons. The summed E-state index contributed by atoms with van der Waals surface area (Å²) in [6.45, 7) is 6.29. The zero-order valence-corrected chi connectivity index (χ0v) is 23.7. The number of allylic oxidation sites excluding steroid dienone is 2. The molecule has 6 heteroatoms. The Morgan fingerprint density at radius 2 is 2.03 bits per heavy atom. The number of rotatable bonds is 7. The highest BCUT2D eigenvalue weighted by atomic mass is 16.5. The maximum absolute atomic E-state index is 11.2. The molecule has 3 fully saturated rings. The number of aliphatic hydroxyl groups is 2. The van der Waals surface area contributed by atoms with Crippen LogP contribution in [0.5, 0.6) is 11.5 Å². The number of benzene rings is 1. The van der Waals surface area contributed by atoms with Gasteiger partial charge in [-0.25, -0.2) is 4.98 Å². The van der Waals surface area contributed by atoms with Crippen molar-refractivity contribution in [1.82, 2.24) is 9.55 Å². The number of aryl methyl sites for hydroxylation is 1. The third-order valence-electron chi connectivity index (χ3n) is 10.7. The van der Waals surface area contributed by atoms with Gasteiger partial charge in [0, 0.05) is 30.8 Å². The maximum Gasteiger partial charge on any atom is 0.161 e. The van der Waals surface area contributed by atoms with Gasteiger partial charge in [-0.2, -0.15) is 0 Å². The van der Waals surface area contributed by atoms with E-state index in [9.17, 15) is 10.2 Å². The number of imidazole rings is 1. The Hall–Kier alpha value is -2.57. The summed E-state index contributed by atoms with van der Waals surface area (Å²) in [7, 11) is 1.71. The Bertz CT molecular complexity index is 1240. The quantitative estimate of drug-likeness (QED) is 0.336. The van der Waals surface area contributed by atoms with Crippen molar-refractivity contribution in [2.24, 2.45) is 28.6 Å². The SMILES string of the molecule is COc1cc(C=C2C[C@H]3[C@@H]4CC=C5CC(O)CC(O)[C@]5(C)[C@@H]4CC[C@]3(C)C2)ccc1OCCCn1ccnc1. The number of hydrogen-bond acceptors (Lipinski definition) is 5. The summed E-state index contributed by atoms with van der Waals surface area (Å²) in [6.07, 6.45) is 17.4. The molecule has 1 aromatic carbocycles. The molecule has 1 heterocycles. The molecule has 4 aliphatic rings. The predicted molar refractivity (Wildman–Crippen MR) is 152 cm³/mol. The van der Waals surface area contributed by atoms with E-state index in [2.05, 4.69) is 47.7 Å². The van der Waals surface area contributed by atoms with Crippen LogP contribution in [-0.2, 0) is 6.54 Å². The summed E-state index contributed by atoms with van der Waals surface area (Å²) >= 11 is 0. The number of aliphatic hydroxyl groups excluding tert-OH is 2. The molecule has 6 nitrogen and oxygen atoms in total. The van der Waals surface area contributed by atoms with Gasteiger partial charge in [0.1, 0.15) is 0 Å². The standard InChI is InChI=1S/C33H44N2O4/c1-32-10-9-27-26(7-6-24-18-25(36)19-31(37)33(24,27)2)28(32)16-23(20-32)15-22-5-8-29(30(17-22)38-3)39-14-4-12-35-13-11-34-21-35/h5-6,8,11,13,15,17,21,25-28,31,36-37H,4,7,9-10,12,14,16,18-20H2,1-3H3/t25?,26-,27-,28+,31?,32-,33+/m1/s1. The molecule has 3 saturated carbocycles. The topological polar surface area (TPSA) is 76.7 Å². The minimum absolute atomic E-state index is 0.183. The largest absolute Gasteiger partial charge is 0.493 e. The van der Waals surface area contributed by atoms with Gasteiger partial charge in [0.25, 0.3) is 0 Å². The first-order chi connectivity index (χ1) is 18.8. The fourth-order valence-electron chi connectivity index (χ4n) is 8.67. The maximum atomic E-state index is 11.2. The van der Waals surface area contributed by atoms with Crippen LogP contribution in [0.25, 0.3) is 6.08 Å². The highest BCUT2D eigenvalue weighted by Gasteiger charge is 2.58. The second-order valence-corrected chi connectivity index (χ2v) is 13.0. The summed E-state index contributed by atoms with van der Waals surface area (Å²) in [5.41, 5.74) is 4.14. The number of nitrogens with zero attached hydrogens (tertiary/aromatic N) is 2. The molecule has 0 saturated heterocycles. The molecule has 0 spiro atoms. The van der Waals surface area contributed by atoms with Crippen LogP contribution in [-0.4, -0.2) is 45.7 Å². The van der Waals surface area contributed by atoms with Crippen LogP contribution >= 0.6 is 0 Å². The molecule has 39 heavy (non-hydrogen) atoms. The minimum Gasteiger partial charge on any atom is -0.493 e. The molecule has 2 N–H and O–H groups in total. The van der Waals surface area contributed by atoms with Crippen molar-refractivity contribution in [3.8, 4) is 11.5 Å². The second-order valence-electron chi connectivity index (χ2n) is 13.0. The lowest BCUT2D eigenvalue weighted by Crippen LogP contribution is -2.54. The van der Waals surface area contributed by atoms with Crippen molar-refractivity contribution in [1.29, 1.82) is 0 Å². The van der Waals surface area contributed by atoms with Gasteiger partial charge in [0.05, 0.1) is 32.3 Å². The summed E-state index contributed by atoms with van der Waals surface area (Å²) in [5, 5.41) is 21.5. The van der Waals surface area contributed by atoms with Crippen LogP contribution in [0.15, 0.2) is 54.1 Å². The molecular weight excluding hydrogens is 488 g/mol. The van der Waals surface area contributed by atoms with Crippen LogP contribution in [0.2, 0.25) is 0 Å². The summed E-state index contributed by atoms with van der Waals surface area (Å²) in [6, 6.07) is 6.29. The Balaban J connectivity index is 1.15. The fourth-order valence-corrected chi connectivity index (χ4v) is 8.67. The van der Waals surface area contributed by atoms with E-state index in [0.29, 0.717) is 36.2 Å². The zero-order valence-electron chi connectivity index (χ0n) is 23.7. The van der Waals surface area contributed by atoms with Gasteiger partial charge < -0.3 is 24.3 Å². The predicted octanol–water partition coefficient (Wildman–Crippen LogP) is 6.04. The first-order valence-electron chi connectivity index (χ1n) is 14.8. The van der Waals surface area contributed by atoms with Gasteiger partial charge >= 0.3 is 0 Å². The molecule has 6 rings (SSSR count). The lowest BCUT2D eigenvalue weighted by Gasteiger charge is -2.58. The van der Waals surface area contributed by atoms with Crippen molar-refractivity contribution in [3.63, 3.8) is 0 Å². The number of hydrogen-bond donors (Lipinski definition) is 2. The molecule has 4 aliphatic carbocycles. The van der Waals surface area contributed by atoms with Crippen molar-refractivity contribution in [2.45, 2.75) is 84.0 Å². The van der Waals surface area contributed by atoms with Crippen molar-refractivity contribution < 1.29 is 19.7 Å². The Morgan fingerprint density at radius 3 is 2.82 bits per heavy atom.